The summed E-state index contributed by atoms with van der Waals surface area (Å²) in [6, 6.07) is 11.2. The van der Waals surface area contributed by atoms with Crippen LogP contribution in [0.25, 0.3) is 0 Å². The van der Waals surface area contributed by atoms with Crippen LogP contribution in [-0.4, -0.2) is 19.4 Å². The number of sulfonamides is 1. The maximum atomic E-state index is 13.0. The fourth-order valence-corrected chi connectivity index (χ4v) is 5.74. The second-order valence-electron chi connectivity index (χ2n) is 7.58. The van der Waals surface area contributed by atoms with Gasteiger partial charge in [0.15, 0.2) is 0 Å². The Morgan fingerprint density at radius 3 is 2.69 bits per heavy atom. The van der Waals surface area contributed by atoms with Crippen LogP contribution in [-0.2, 0) is 16.6 Å². The summed E-state index contributed by atoms with van der Waals surface area (Å²) in [5.74, 6) is 0.778. The highest BCUT2D eigenvalue weighted by Gasteiger charge is 2.56. The molecule has 1 heterocycles. The Morgan fingerprint density at radius 2 is 1.92 bits per heavy atom. The van der Waals surface area contributed by atoms with Crippen molar-refractivity contribution in [1.29, 1.82) is 0 Å². The van der Waals surface area contributed by atoms with Gasteiger partial charge < -0.3 is 5.32 Å². The minimum Gasteiger partial charge on any atom is -0.366 e. The topological polar surface area (TPSA) is 71.1 Å². The van der Waals surface area contributed by atoms with Crippen LogP contribution in [0.4, 0.5) is 5.82 Å². The van der Waals surface area contributed by atoms with Gasteiger partial charge in [-0.15, -0.1) is 0 Å². The van der Waals surface area contributed by atoms with Gasteiger partial charge in [0.05, 0.1) is 4.90 Å². The van der Waals surface area contributed by atoms with Crippen LogP contribution >= 0.6 is 0 Å². The zero-order chi connectivity index (χ0) is 18.2. The molecular weight excluding hydrogens is 346 g/mol. The van der Waals surface area contributed by atoms with E-state index in [1.807, 2.05) is 31.2 Å². The first-order chi connectivity index (χ1) is 12.5. The summed E-state index contributed by atoms with van der Waals surface area (Å²) in [4.78, 5) is 4.68. The lowest BCUT2D eigenvalue weighted by atomic mass is 10.1. The zero-order valence-corrected chi connectivity index (χ0v) is 15.8. The van der Waals surface area contributed by atoms with Crippen molar-refractivity contribution in [2.75, 3.05) is 5.32 Å². The Kier molecular flexibility index (Phi) is 4.49. The van der Waals surface area contributed by atoms with E-state index in [-0.39, 0.29) is 11.5 Å². The molecule has 5 nitrogen and oxygen atoms in total. The largest absolute Gasteiger partial charge is 0.366 e. The average Bonchev–Trinajstić information content (AvgIpc) is 3.05. The second-order valence-corrected chi connectivity index (χ2v) is 9.26. The molecule has 1 aromatic heterocycles. The molecule has 0 saturated heterocycles. The number of aryl methyl sites for hydroxylation is 1. The summed E-state index contributed by atoms with van der Waals surface area (Å²) in [5.41, 5.74) is 2.03. The Labute approximate surface area is 155 Å². The van der Waals surface area contributed by atoms with Crippen LogP contribution in [0.3, 0.4) is 0 Å². The van der Waals surface area contributed by atoms with E-state index >= 15 is 0 Å². The molecule has 2 aliphatic rings. The molecule has 0 radical (unpaired) electrons. The third kappa shape index (κ3) is 3.35. The van der Waals surface area contributed by atoms with E-state index in [0.29, 0.717) is 11.4 Å². The molecule has 2 aromatic rings. The maximum Gasteiger partial charge on any atom is 0.241 e. The first-order valence-electron chi connectivity index (χ1n) is 9.26. The van der Waals surface area contributed by atoms with Gasteiger partial charge in [0.1, 0.15) is 5.82 Å². The maximum absolute atomic E-state index is 13.0. The number of hydrogen-bond donors (Lipinski definition) is 2. The van der Waals surface area contributed by atoms with Crippen LogP contribution < -0.4 is 10.0 Å². The number of nitrogens with one attached hydrogen (secondary N) is 2. The molecule has 2 saturated carbocycles. The quantitative estimate of drug-likeness (QED) is 0.814. The minimum atomic E-state index is -3.52. The van der Waals surface area contributed by atoms with Crippen LogP contribution in [0, 0.1) is 12.3 Å². The number of hydrogen-bond acceptors (Lipinski definition) is 4. The number of rotatable bonds is 6. The van der Waals surface area contributed by atoms with Gasteiger partial charge in [-0.2, -0.15) is 0 Å². The van der Waals surface area contributed by atoms with E-state index in [0.717, 1.165) is 36.2 Å². The van der Waals surface area contributed by atoms with Crippen molar-refractivity contribution in [1.82, 2.24) is 9.71 Å². The molecule has 4 rings (SSSR count). The Balaban J connectivity index is 1.50. The fraction of sp³-hybridized carbons (Fsp3) is 0.450. The van der Waals surface area contributed by atoms with E-state index in [4.69, 9.17) is 0 Å². The van der Waals surface area contributed by atoms with Crippen molar-refractivity contribution in [3.05, 3.63) is 53.7 Å². The lowest BCUT2D eigenvalue weighted by Crippen LogP contribution is -2.30. The number of benzene rings is 1. The van der Waals surface area contributed by atoms with E-state index in [1.165, 1.54) is 12.8 Å². The average molecular weight is 372 g/mol. The third-order valence-electron chi connectivity index (χ3n) is 5.80. The van der Waals surface area contributed by atoms with Crippen molar-refractivity contribution in [3.8, 4) is 0 Å². The molecule has 2 N–H and O–H groups in total. The molecule has 2 fully saturated rings. The summed E-state index contributed by atoms with van der Waals surface area (Å²) < 4.78 is 28.9. The molecule has 1 aromatic carbocycles. The second kappa shape index (κ2) is 6.67. The zero-order valence-electron chi connectivity index (χ0n) is 15.0. The molecule has 6 heteroatoms. The smallest absolute Gasteiger partial charge is 0.241 e. The molecule has 1 atom stereocenters. The molecule has 138 valence electrons. The van der Waals surface area contributed by atoms with Crippen LogP contribution in [0.15, 0.2) is 47.5 Å². The van der Waals surface area contributed by atoms with Crippen LogP contribution in [0.1, 0.15) is 43.2 Å². The van der Waals surface area contributed by atoms with Gasteiger partial charge in [0.2, 0.25) is 10.0 Å². The van der Waals surface area contributed by atoms with Gasteiger partial charge in [-0.3, -0.25) is 0 Å². The van der Waals surface area contributed by atoms with Crippen LogP contribution in [0.5, 0.6) is 0 Å². The first kappa shape index (κ1) is 17.5. The number of pyridine rings is 1. The summed E-state index contributed by atoms with van der Waals surface area (Å²) in [5, 5.41) is 3.26. The monoisotopic (exact) mass is 371 g/mol. The van der Waals surface area contributed by atoms with Gasteiger partial charge in [0.25, 0.3) is 0 Å². The number of nitrogens with zero attached hydrogens (tertiary/aromatic N) is 1. The Hall–Kier alpha value is -1.92. The van der Waals surface area contributed by atoms with Crippen molar-refractivity contribution in [3.63, 3.8) is 0 Å². The van der Waals surface area contributed by atoms with Crippen LogP contribution in [0.2, 0.25) is 0 Å². The minimum absolute atomic E-state index is 0.106. The molecule has 0 bridgehead atoms. The van der Waals surface area contributed by atoms with Gasteiger partial charge in [-0.25, -0.2) is 18.1 Å². The predicted octanol–water partition coefficient (Wildman–Crippen LogP) is 3.61. The summed E-state index contributed by atoms with van der Waals surface area (Å²) in [7, 11) is -3.52. The van der Waals surface area contributed by atoms with Crippen molar-refractivity contribution in [2.24, 2.45) is 5.41 Å². The lowest BCUT2D eigenvalue weighted by molar-refractivity contribution is 0.491. The van der Waals surface area contributed by atoms with E-state index < -0.39 is 10.0 Å². The molecule has 26 heavy (non-hydrogen) atoms. The summed E-state index contributed by atoms with van der Waals surface area (Å²) >= 11 is 0. The number of aromatic nitrogens is 1. The lowest BCUT2D eigenvalue weighted by Gasteiger charge is -2.15. The Morgan fingerprint density at radius 1 is 1.15 bits per heavy atom. The molecule has 0 amide bonds. The normalized spacial score (nSPS) is 21.0. The SMILES string of the molecule is Cc1cccnc1NCc1ccccc1S(=O)(=O)NC1CC12CCCC2. The summed E-state index contributed by atoms with van der Waals surface area (Å²) in [6.45, 7) is 2.40. The molecule has 1 unspecified atom stereocenters. The molecular formula is C20H25N3O2S. The van der Waals surface area contributed by atoms with E-state index in [2.05, 4.69) is 15.0 Å². The highest BCUT2D eigenvalue weighted by atomic mass is 32.2. The molecule has 1 spiro atoms. The number of anilines is 1. The van der Waals surface area contributed by atoms with Gasteiger partial charge in [-0.05, 0) is 54.9 Å². The van der Waals surface area contributed by atoms with Crippen molar-refractivity contribution < 1.29 is 8.42 Å². The fourth-order valence-electron chi connectivity index (χ4n) is 4.16. The first-order valence-corrected chi connectivity index (χ1v) is 10.7. The predicted molar refractivity (Wildman–Crippen MR) is 102 cm³/mol. The van der Waals surface area contributed by atoms with E-state index in [9.17, 15) is 8.42 Å². The van der Waals surface area contributed by atoms with E-state index in [1.54, 1.807) is 18.3 Å². The highest BCUT2D eigenvalue weighted by Crippen LogP contribution is 2.58. The van der Waals surface area contributed by atoms with Crippen molar-refractivity contribution >= 4 is 15.8 Å². The summed E-state index contributed by atoms with van der Waals surface area (Å²) in [6.07, 6.45) is 7.47. The highest BCUT2D eigenvalue weighted by molar-refractivity contribution is 7.89. The standard InChI is InChI=1S/C20H25N3O2S/c1-15-7-6-12-21-19(15)22-14-16-8-2-3-9-17(16)26(24,25)23-18-13-20(18)10-4-5-11-20/h2-3,6-9,12,18,23H,4-5,10-11,13-14H2,1H3,(H,21,22). The molecule has 0 aliphatic heterocycles. The van der Waals surface area contributed by atoms with Gasteiger partial charge in [0, 0.05) is 18.8 Å². The van der Waals surface area contributed by atoms with Crippen molar-refractivity contribution in [2.45, 2.75) is 56.5 Å². The molecule has 2 aliphatic carbocycles. The van der Waals surface area contributed by atoms with Gasteiger partial charge in [-0.1, -0.05) is 37.1 Å². The van der Waals surface area contributed by atoms with Gasteiger partial charge >= 0.3 is 0 Å². The Bertz CT molecular complexity index is 905. The third-order valence-corrected chi connectivity index (χ3v) is 7.38.